The Morgan fingerprint density at radius 3 is 2.43 bits per heavy atom. The van der Waals surface area contributed by atoms with E-state index >= 15 is 0 Å². The van der Waals surface area contributed by atoms with Gasteiger partial charge in [-0.3, -0.25) is 9.58 Å². The van der Waals surface area contributed by atoms with Crippen molar-refractivity contribution < 1.29 is 18.3 Å². The monoisotopic (exact) mass is 491 g/mol. The molecule has 1 unspecified atom stereocenters. The standard InChI is InChI=1S/C22H28F3N9O/c1-13-14(2)20(31-30-19(13)18-5-8-28-33(18)4)34-9-6-15(7-10-34)32(3)21(35)29-17-12-27-26-11-16(17)22(23,24)25/h5,8,11-12,15,21,35H,6-7,9-10H2,1-4H3,(H,26,29). The summed E-state index contributed by atoms with van der Waals surface area (Å²) in [6, 6.07) is 1.86. The average Bonchev–Trinajstić information content (AvgIpc) is 3.25. The van der Waals surface area contributed by atoms with Crippen molar-refractivity contribution >= 4 is 11.5 Å². The third-order valence-corrected chi connectivity index (χ3v) is 6.61. The molecule has 35 heavy (non-hydrogen) atoms. The number of aliphatic hydroxyl groups is 1. The van der Waals surface area contributed by atoms with Crippen molar-refractivity contribution in [3.63, 3.8) is 0 Å². The summed E-state index contributed by atoms with van der Waals surface area (Å²) in [5.74, 6) is 0.811. The van der Waals surface area contributed by atoms with E-state index in [4.69, 9.17) is 0 Å². The summed E-state index contributed by atoms with van der Waals surface area (Å²) < 4.78 is 41.4. The van der Waals surface area contributed by atoms with Gasteiger partial charge in [0, 0.05) is 32.4 Å². The second-order valence-electron chi connectivity index (χ2n) is 8.68. The summed E-state index contributed by atoms with van der Waals surface area (Å²) in [5, 5.41) is 33.1. The minimum atomic E-state index is -4.61. The molecule has 1 saturated heterocycles. The van der Waals surface area contributed by atoms with Gasteiger partial charge in [-0.05, 0) is 50.9 Å². The minimum Gasteiger partial charge on any atom is -0.361 e. The summed E-state index contributed by atoms with van der Waals surface area (Å²) in [7, 11) is 3.54. The molecule has 0 aromatic carbocycles. The zero-order chi connectivity index (χ0) is 25.3. The second-order valence-corrected chi connectivity index (χ2v) is 8.68. The summed E-state index contributed by atoms with van der Waals surface area (Å²) in [6.45, 7) is 5.38. The highest BCUT2D eigenvalue weighted by atomic mass is 19.4. The maximum atomic E-state index is 13.2. The van der Waals surface area contributed by atoms with Gasteiger partial charge in [0.2, 0.25) is 0 Å². The third kappa shape index (κ3) is 5.05. The van der Waals surface area contributed by atoms with Gasteiger partial charge in [-0.15, -0.1) is 10.2 Å². The lowest BCUT2D eigenvalue weighted by Crippen LogP contribution is -2.50. The topological polar surface area (TPSA) is 108 Å². The molecule has 0 spiro atoms. The highest BCUT2D eigenvalue weighted by Gasteiger charge is 2.35. The second kappa shape index (κ2) is 9.74. The van der Waals surface area contributed by atoms with Crippen molar-refractivity contribution in [2.24, 2.45) is 7.05 Å². The van der Waals surface area contributed by atoms with E-state index in [0.29, 0.717) is 32.1 Å². The predicted octanol–water partition coefficient (Wildman–Crippen LogP) is 2.59. The van der Waals surface area contributed by atoms with Crippen LogP contribution in [0.1, 0.15) is 29.5 Å². The highest BCUT2D eigenvalue weighted by molar-refractivity contribution is 5.64. The molecule has 3 aromatic rings. The lowest BCUT2D eigenvalue weighted by atomic mass is 10.0. The Kier molecular flexibility index (Phi) is 6.90. The lowest BCUT2D eigenvalue weighted by molar-refractivity contribution is -0.137. The van der Waals surface area contributed by atoms with E-state index in [1.165, 1.54) is 0 Å². The molecular weight excluding hydrogens is 463 g/mol. The van der Waals surface area contributed by atoms with Gasteiger partial charge < -0.3 is 15.3 Å². The van der Waals surface area contributed by atoms with Crippen LogP contribution in [0.15, 0.2) is 24.7 Å². The van der Waals surface area contributed by atoms with Crippen LogP contribution in [0.4, 0.5) is 24.7 Å². The number of aliphatic hydroxyl groups excluding tert-OH is 1. The number of nitrogens with one attached hydrogen (secondary N) is 1. The molecule has 2 N–H and O–H groups in total. The maximum Gasteiger partial charge on any atom is 0.420 e. The average molecular weight is 492 g/mol. The lowest BCUT2D eigenvalue weighted by Gasteiger charge is -2.39. The molecule has 3 aromatic heterocycles. The first kappa shape index (κ1) is 24.8. The Balaban J connectivity index is 1.41. The molecule has 0 radical (unpaired) electrons. The summed E-state index contributed by atoms with van der Waals surface area (Å²) >= 11 is 0. The van der Waals surface area contributed by atoms with Gasteiger partial charge in [0.05, 0.1) is 23.8 Å². The molecule has 1 aliphatic rings. The molecule has 13 heteroatoms. The number of halogens is 3. The van der Waals surface area contributed by atoms with E-state index < -0.39 is 18.1 Å². The molecule has 1 fully saturated rings. The summed E-state index contributed by atoms with van der Waals surface area (Å²) in [4.78, 5) is 3.79. The van der Waals surface area contributed by atoms with Crippen LogP contribution in [0.3, 0.4) is 0 Å². The number of hydrogen-bond donors (Lipinski definition) is 2. The number of aryl methyl sites for hydroxylation is 1. The Hall–Kier alpha value is -3.32. The molecule has 0 bridgehead atoms. The fourth-order valence-corrected chi connectivity index (χ4v) is 4.33. The molecule has 4 heterocycles. The Morgan fingerprint density at radius 2 is 1.80 bits per heavy atom. The first-order valence-corrected chi connectivity index (χ1v) is 11.2. The number of aromatic nitrogens is 6. The van der Waals surface area contributed by atoms with Crippen LogP contribution in [-0.4, -0.2) is 72.7 Å². The van der Waals surface area contributed by atoms with E-state index in [1.807, 2.05) is 27.0 Å². The van der Waals surface area contributed by atoms with E-state index in [1.54, 1.807) is 22.8 Å². The van der Waals surface area contributed by atoms with Gasteiger partial charge in [-0.1, -0.05) is 0 Å². The van der Waals surface area contributed by atoms with Gasteiger partial charge in [-0.2, -0.15) is 28.5 Å². The van der Waals surface area contributed by atoms with E-state index in [9.17, 15) is 18.3 Å². The number of rotatable bonds is 6. The molecule has 10 nitrogen and oxygen atoms in total. The largest absolute Gasteiger partial charge is 0.420 e. The molecular formula is C22H28F3N9O. The smallest absolute Gasteiger partial charge is 0.361 e. The van der Waals surface area contributed by atoms with Crippen LogP contribution in [0, 0.1) is 13.8 Å². The molecule has 0 aliphatic carbocycles. The first-order chi connectivity index (χ1) is 16.6. The van der Waals surface area contributed by atoms with Crippen LogP contribution in [-0.2, 0) is 13.2 Å². The minimum absolute atomic E-state index is 0.0408. The normalized spacial score (nSPS) is 16.1. The molecule has 188 valence electrons. The number of piperidine rings is 1. The van der Waals surface area contributed by atoms with Crippen molar-refractivity contribution in [3.05, 3.63) is 41.3 Å². The van der Waals surface area contributed by atoms with Gasteiger partial charge >= 0.3 is 6.18 Å². The summed E-state index contributed by atoms with van der Waals surface area (Å²) in [5.41, 5.74) is 2.45. The SMILES string of the molecule is Cc1c(-c2ccnn2C)nnc(N2CCC(N(C)C(O)Nc3cnncc3C(F)(F)F)CC2)c1C. The summed E-state index contributed by atoms with van der Waals surface area (Å²) in [6.07, 6.45) is -1.22. The van der Waals surface area contributed by atoms with Gasteiger partial charge in [-0.25, -0.2) is 0 Å². The van der Waals surface area contributed by atoms with E-state index in [-0.39, 0.29) is 11.7 Å². The third-order valence-electron chi connectivity index (χ3n) is 6.61. The number of alkyl halides is 3. The Labute approximate surface area is 200 Å². The quantitative estimate of drug-likeness (QED) is 0.503. The zero-order valence-electron chi connectivity index (χ0n) is 20.0. The fourth-order valence-electron chi connectivity index (χ4n) is 4.33. The van der Waals surface area contributed by atoms with E-state index in [0.717, 1.165) is 34.5 Å². The van der Waals surface area contributed by atoms with Gasteiger partial charge in [0.1, 0.15) is 11.3 Å². The molecule has 4 rings (SSSR count). The maximum absolute atomic E-state index is 13.2. The van der Waals surface area contributed by atoms with Crippen LogP contribution in [0.25, 0.3) is 11.4 Å². The molecule has 0 saturated carbocycles. The van der Waals surface area contributed by atoms with Gasteiger partial charge in [0.25, 0.3) is 0 Å². The number of nitrogens with zero attached hydrogens (tertiary/aromatic N) is 8. The van der Waals surface area contributed by atoms with Crippen molar-refractivity contribution in [1.82, 2.24) is 35.1 Å². The molecule has 0 amide bonds. The van der Waals surface area contributed by atoms with Crippen LogP contribution in [0.2, 0.25) is 0 Å². The number of anilines is 2. The number of hydrogen-bond acceptors (Lipinski definition) is 9. The Morgan fingerprint density at radius 1 is 1.11 bits per heavy atom. The predicted molar refractivity (Wildman–Crippen MR) is 123 cm³/mol. The zero-order valence-corrected chi connectivity index (χ0v) is 20.0. The van der Waals surface area contributed by atoms with Crippen molar-refractivity contribution in [2.75, 3.05) is 30.4 Å². The van der Waals surface area contributed by atoms with E-state index in [2.05, 4.69) is 35.7 Å². The van der Waals surface area contributed by atoms with Crippen LogP contribution < -0.4 is 10.2 Å². The fraction of sp³-hybridized carbons (Fsp3) is 0.500. The van der Waals surface area contributed by atoms with Crippen molar-refractivity contribution in [1.29, 1.82) is 0 Å². The highest BCUT2D eigenvalue weighted by Crippen LogP contribution is 2.34. The van der Waals surface area contributed by atoms with Gasteiger partial charge in [0.15, 0.2) is 12.2 Å². The first-order valence-electron chi connectivity index (χ1n) is 11.2. The van der Waals surface area contributed by atoms with Crippen molar-refractivity contribution in [3.8, 4) is 11.4 Å². The Bertz CT molecular complexity index is 1180. The van der Waals surface area contributed by atoms with Crippen molar-refractivity contribution in [2.45, 2.75) is 45.3 Å². The molecule has 1 atom stereocenters. The van der Waals surface area contributed by atoms with Crippen LogP contribution >= 0.6 is 0 Å². The van der Waals surface area contributed by atoms with Crippen LogP contribution in [0.5, 0.6) is 0 Å². The molecule has 1 aliphatic heterocycles.